The van der Waals surface area contributed by atoms with E-state index in [2.05, 4.69) is 4.99 Å². The van der Waals surface area contributed by atoms with E-state index in [1.54, 1.807) is 0 Å². The van der Waals surface area contributed by atoms with Crippen LogP contribution in [0.2, 0.25) is 0 Å². The van der Waals surface area contributed by atoms with Gasteiger partial charge in [0.25, 0.3) is 0 Å². The highest BCUT2D eigenvalue weighted by Gasteiger charge is 1.97. The first kappa shape index (κ1) is 8.79. The molecular formula is C6H9N3O2S. The highest BCUT2D eigenvalue weighted by atomic mass is 32.1. The van der Waals surface area contributed by atoms with Gasteiger partial charge in [0.15, 0.2) is 0 Å². The molecule has 3 N–H and O–H groups in total. The summed E-state index contributed by atoms with van der Waals surface area (Å²) < 4.78 is 1.37. The molecule has 0 radical (unpaired) electrons. The minimum atomic E-state index is -0.957. The summed E-state index contributed by atoms with van der Waals surface area (Å²) in [7, 11) is 0. The fourth-order valence-electron chi connectivity index (χ4n) is 0.651. The van der Waals surface area contributed by atoms with Crippen LogP contribution in [0, 0.1) is 6.92 Å². The van der Waals surface area contributed by atoms with Crippen molar-refractivity contribution in [2.24, 2.45) is 4.99 Å². The summed E-state index contributed by atoms with van der Waals surface area (Å²) in [6.45, 7) is 1.59. The van der Waals surface area contributed by atoms with Gasteiger partial charge < -0.3 is 10.9 Å². The number of nitrogens with zero attached hydrogens (tertiary/aromatic N) is 2. The summed E-state index contributed by atoms with van der Waals surface area (Å²) in [6.07, 6.45) is 0. The SMILES string of the molecule is Cc1csc(=NCC(=O)O)n1N. The Labute approximate surface area is 72.8 Å². The highest BCUT2D eigenvalue weighted by Crippen LogP contribution is 1.94. The molecular weight excluding hydrogens is 178 g/mol. The number of aromatic nitrogens is 1. The average molecular weight is 187 g/mol. The molecule has 1 aromatic heterocycles. The predicted octanol–water partition coefficient (Wildman–Crippen LogP) is -0.443. The predicted molar refractivity (Wildman–Crippen MR) is 45.3 cm³/mol. The zero-order chi connectivity index (χ0) is 9.14. The van der Waals surface area contributed by atoms with Gasteiger partial charge in [-0.1, -0.05) is 0 Å². The lowest BCUT2D eigenvalue weighted by molar-refractivity contribution is -0.135. The number of hydrogen-bond acceptors (Lipinski definition) is 4. The average Bonchev–Trinajstić information content (AvgIpc) is 2.30. The number of rotatable bonds is 2. The third-order valence-electron chi connectivity index (χ3n) is 1.27. The lowest BCUT2D eigenvalue weighted by atomic mass is 10.6. The number of nitrogen functional groups attached to an aromatic ring is 1. The van der Waals surface area contributed by atoms with Gasteiger partial charge in [0.1, 0.15) is 6.54 Å². The van der Waals surface area contributed by atoms with Crippen molar-refractivity contribution in [3.63, 3.8) is 0 Å². The lowest BCUT2D eigenvalue weighted by Gasteiger charge is -1.93. The Morgan fingerprint density at radius 2 is 2.58 bits per heavy atom. The number of carbonyl (C=O) groups is 1. The van der Waals surface area contributed by atoms with Crippen LogP contribution in [0.3, 0.4) is 0 Å². The minimum Gasteiger partial charge on any atom is -0.480 e. The molecule has 0 saturated carbocycles. The van der Waals surface area contributed by atoms with Gasteiger partial charge in [-0.2, -0.15) is 0 Å². The van der Waals surface area contributed by atoms with E-state index >= 15 is 0 Å². The molecule has 0 aliphatic heterocycles. The molecule has 0 fully saturated rings. The van der Waals surface area contributed by atoms with E-state index in [-0.39, 0.29) is 6.54 Å². The Bertz CT molecular complexity index is 352. The largest absolute Gasteiger partial charge is 0.480 e. The molecule has 0 spiro atoms. The summed E-state index contributed by atoms with van der Waals surface area (Å²) in [4.78, 5) is 14.5. The molecule has 66 valence electrons. The number of nitrogens with two attached hydrogens (primary N) is 1. The normalized spacial score (nSPS) is 11.9. The Kier molecular flexibility index (Phi) is 2.49. The summed E-state index contributed by atoms with van der Waals surface area (Å²) in [5.74, 6) is 4.57. The Morgan fingerprint density at radius 1 is 1.92 bits per heavy atom. The van der Waals surface area contributed by atoms with Crippen molar-refractivity contribution in [1.82, 2.24) is 4.68 Å². The van der Waals surface area contributed by atoms with E-state index in [1.807, 2.05) is 12.3 Å². The van der Waals surface area contributed by atoms with Crippen molar-refractivity contribution in [2.45, 2.75) is 6.92 Å². The van der Waals surface area contributed by atoms with Crippen molar-refractivity contribution in [2.75, 3.05) is 12.4 Å². The van der Waals surface area contributed by atoms with Gasteiger partial charge >= 0.3 is 5.97 Å². The molecule has 0 aliphatic rings. The second-order valence-electron chi connectivity index (χ2n) is 2.24. The van der Waals surface area contributed by atoms with Crippen molar-refractivity contribution in [3.8, 4) is 0 Å². The monoisotopic (exact) mass is 187 g/mol. The maximum atomic E-state index is 10.2. The standard InChI is InChI=1S/C6H9N3O2S/c1-4-3-12-6(9(4)7)8-2-5(10)11/h3H,2,7H2,1H3,(H,10,11). The molecule has 0 saturated heterocycles. The van der Waals surface area contributed by atoms with Crippen molar-refractivity contribution < 1.29 is 9.90 Å². The first-order valence-corrected chi connectivity index (χ1v) is 4.13. The summed E-state index contributed by atoms with van der Waals surface area (Å²) in [6, 6.07) is 0. The number of thiazole rings is 1. The number of carboxylic acid groups (broad SMARTS) is 1. The maximum absolute atomic E-state index is 10.2. The maximum Gasteiger partial charge on any atom is 0.325 e. The van der Waals surface area contributed by atoms with E-state index in [0.717, 1.165) is 5.69 Å². The zero-order valence-corrected chi connectivity index (χ0v) is 7.34. The zero-order valence-electron chi connectivity index (χ0n) is 6.52. The fraction of sp³-hybridized carbons (Fsp3) is 0.333. The molecule has 5 nitrogen and oxygen atoms in total. The van der Waals surface area contributed by atoms with Crippen molar-refractivity contribution >= 4 is 17.3 Å². The van der Waals surface area contributed by atoms with Gasteiger partial charge in [0, 0.05) is 11.1 Å². The lowest BCUT2D eigenvalue weighted by Crippen LogP contribution is -2.25. The molecule has 0 amide bonds. The smallest absolute Gasteiger partial charge is 0.325 e. The minimum absolute atomic E-state index is 0.239. The van der Waals surface area contributed by atoms with Crippen LogP contribution in [0.5, 0.6) is 0 Å². The van der Waals surface area contributed by atoms with Crippen LogP contribution in [-0.4, -0.2) is 22.3 Å². The molecule has 0 aliphatic carbocycles. The molecule has 6 heteroatoms. The molecule has 12 heavy (non-hydrogen) atoms. The third kappa shape index (κ3) is 1.85. The van der Waals surface area contributed by atoms with E-state index in [4.69, 9.17) is 10.9 Å². The van der Waals surface area contributed by atoms with Gasteiger partial charge in [-0.15, -0.1) is 11.3 Å². The van der Waals surface area contributed by atoms with Gasteiger partial charge in [0.05, 0.1) is 0 Å². The number of aryl methyl sites for hydroxylation is 1. The fourth-order valence-corrected chi connectivity index (χ4v) is 1.44. The van der Waals surface area contributed by atoms with Crippen molar-refractivity contribution in [3.05, 3.63) is 15.9 Å². The number of hydrogen-bond donors (Lipinski definition) is 2. The highest BCUT2D eigenvalue weighted by molar-refractivity contribution is 7.07. The molecule has 0 atom stereocenters. The first-order valence-electron chi connectivity index (χ1n) is 3.26. The molecule has 1 aromatic rings. The van der Waals surface area contributed by atoms with Crippen molar-refractivity contribution in [1.29, 1.82) is 0 Å². The Morgan fingerprint density at radius 3 is 3.00 bits per heavy atom. The van der Waals surface area contributed by atoms with Crippen LogP contribution >= 0.6 is 11.3 Å². The third-order valence-corrected chi connectivity index (χ3v) is 2.27. The summed E-state index contributed by atoms with van der Waals surface area (Å²) in [5, 5.41) is 10.2. The van der Waals surface area contributed by atoms with E-state index < -0.39 is 5.97 Å². The number of aliphatic carboxylic acids is 1. The Balaban J connectivity index is 2.95. The Hall–Kier alpha value is -1.30. The molecule has 0 bridgehead atoms. The van der Waals surface area contributed by atoms with E-state index in [0.29, 0.717) is 4.80 Å². The molecule has 1 heterocycles. The van der Waals surface area contributed by atoms with Gasteiger partial charge in [-0.3, -0.25) is 4.79 Å². The van der Waals surface area contributed by atoms with E-state index in [9.17, 15) is 4.79 Å². The van der Waals surface area contributed by atoms with Gasteiger partial charge in [-0.25, -0.2) is 9.67 Å². The van der Waals surface area contributed by atoms with Gasteiger partial charge in [0.2, 0.25) is 4.80 Å². The van der Waals surface area contributed by atoms with Crippen LogP contribution < -0.4 is 10.6 Å². The number of carboxylic acids is 1. The van der Waals surface area contributed by atoms with Crippen LogP contribution in [0.4, 0.5) is 0 Å². The van der Waals surface area contributed by atoms with Crippen LogP contribution in [0.15, 0.2) is 10.4 Å². The van der Waals surface area contributed by atoms with Crippen LogP contribution in [-0.2, 0) is 4.79 Å². The molecule has 1 rings (SSSR count). The molecule has 0 aromatic carbocycles. The van der Waals surface area contributed by atoms with Gasteiger partial charge in [-0.05, 0) is 6.92 Å². The second-order valence-corrected chi connectivity index (χ2v) is 3.08. The van der Waals surface area contributed by atoms with Crippen LogP contribution in [0.1, 0.15) is 5.69 Å². The van der Waals surface area contributed by atoms with Crippen LogP contribution in [0.25, 0.3) is 0 Å². The molecule has 0 unspecified atom stereocenters. The second kappa shape index (κ2) is 3.40. The van der Waals surface area contributed by atoms with E-state index in [1.165, 1.54) is 16.0 Å². The summed E-state index contributed by atoms with van der Waals surface area (Å²) >= 11 is 1.33. The first-order chi connectivity index (χ1) is 5.61. The summed E-state index contributed by atoms with van der Waals surface area (Å²) in [5.41, 5.74) is 0.865. The topological polar surface area (TPSA) is 80.6 Å². The quantitative estimate of drug-likeness (QED) is 0.616.